The molecule has 0 spiro atoms. The second kappa shape index (κ2) is 10.5. The van der Waals surface area contributed by atoms with Crippen LogP contribution in [0.4, 0.5) is 0 Å². The number of aryl methyl sites for hydroxylation is 1. The third-order valence-corrected chi connectivity index (χ3v) is 8.22. The van der Waals surface area contributed by atoms with Gasteiger partial charge < -0.3 is 20.1 Å². The van der Waals surface area contributed by atoms with Crippen molar-refractivity contribution >= 4 is 5.97 Å². The minimum atomic E-state index is -0.948. The summed E-state index contributed by atoms with van der Waals surface area (Å²) in [5.74, 6) is 0.0821. The number of rotatable bonds is 2. The van der Waals surface area contributed by atoms with Crippen LogP contribution in [0.2, 0.25) is 0 Å². The molecule has 2 aromatic carbocycles. The molecule has 4 aliphatic carbocycles. The Hall–Kier alpha value is -2.66. The van der Waals surface area contributed by atoms with Crippen LogP contribution in [0.5, 0.6) is 5.75 Å². The zero-order chi connectivity index (χ0) is 23.7. The van der Waals surface area contributed by atoms with Crippen LogP contribution in [0.15, 0.2) is 84.4 Å². The number of phenols is 1. The van der Waals surface area contributed by atoms with Gasteiger partial charge in [-0.1, -0.05) is 18.2 Å². The van der Waals surface area contributed by atoms with Crippen molar-refractivity contribution in [1.29, 1.82) is 0 Å². The number of aliphatic hydroxyl groups excluding tert-OH is 2. The molecule has 2 aromatic rings. The standard InChI is InChI=1S/C24H26O5.C5H5.Fe/c25-16-6-8-17-15(13-16)5-7-19-18(17)11-12-24(20(19)9-10-21(24)26)23(28)29-22(27)14-3-1-2-4-14;1-2-4-5-3-1;/h1-4,6,8,13,18-21,25-27H,5,7,9-12H2;1-5H;/q;-1;/t18-,19-,20+,21+,24-;;/m1../s1. The van der Waals surface area contributed by atoms with Crippen LogP contribution < -0.4 is 0 Å². The van der Waals surface area contributed by atoms with Crippen molar-refractivity contribution in [2.24, 2.45) is 17.3 Å². The Morgan fingerprint density at radius 2 is 1.80 bits per heavy atom. The van der Waals surface area contributed by atoms with E-state index < -0.39 is 17.5 Å². The van der Waals surface area contributed by atoms with Crippen molar-refractivity contribution in [2.45, 2.75) is 50.5 Å². The van der Waals surface area contributed by atoms with E-state index in [1.165, 1.54) is 11.1 Å². The van der Waals surface area contributed by atoms with Gasteiger partial charge in [-0.2, -0.15) is 18.2 Å². The van der Waals surface area contributed by atoms with Crippen LogP contribution >= 0.6 is 0 Å². The van der Waals surface area contributed by atoms with E-state index in [1.54, 1.807) is 30.4 Å². The van der Waals surface area contributed by atoms with Gasteiger partial charge in [0.15, 0.2) is 0 Å². The second-order valence-electron chi connectivity index (χ2n) is 9.80. The average molecular weight is 515 g/mol. The summed E-state index contributed by atoms with van der Waals surface area (Å²) in [7, 11) is 0. The molecule has 6 heteroatoms. The van der Waals surface area contributed by atoms with Crippen LogP contribution in [0.3, 0.4) is 0 Å². The first-order chi connectivity index (χ1) is 16.5. The van der Waals surface area contributed by atoms with E-state index in [9.17, 15) is 20.1 Å². The fourth-order valence-electron chi connectivity index (χ4n) is 6.69. The molecule has 0 bridgehead atoms. The summed E-state index contributed by atoms with van der Waals surface area (Å²) in [6.07, 6.45) is 10.7. The number of esters is 1. The summed E-state index contributed by atoms with van der Waals surface area (Å²) >= 11 is 0. The molecule has 2 saturated carbocycles. The van der Waals surface area contributed by atoms with E-state index in [0.29, 0.717) is 36.0 Å². The summed E-state index contributed by atoms with van der Waals surface area (Å²) in [6, 6.07) is 15.6. The smallest absolute Gasteiger partial charge is 0.322 e. The number of carbonyl (C=O) groups is 1. The van der Waals surface area contributed by atoms with Gasteiger partial charge in [-0.05, 0) is 91.7 Å². The normalized spacial score (nSPS) is 29.7. The maximum atomic E-state index is 13.3. The van der Waals surface area contributed by atoms with Gasteiger partial charge in [0.2, 0.25) is 0 Å². The molecular weight excluding hydrogens is 484 g/mol. The zero-order valence-electron chi connectivity index (χ0n) is 19.5. The van der Waals surface area contributed by atoms with Crippen LogP contribution in [0.25, 0.3) is 0 Å². The quantitative estimate of drug-likeness (QED) is 0.215. The minimum Gasteiger partial charge on any atom is -0.508 e. The number of hydrogen-bond acceptors (Lipinski definition) is 5. The van der Waals surface area contributed by atoms with E-state index in [4.69, 9.17) is 4.74 Å². The third-order valence-electron chi connectivity index (χ3n) is 8.22. The van der Waals surface area contributed by atoms with Gasteiger partial charge >= 0.3 is 5.97 Å². The van der Waals surface area contributed by atoms with Gasteiger partial charge in [0.1, 0.15) is 5.75 Å². The molecule has 5 atom stereocenters. The molecule has 2 fully saturated rings. The maximum Gasteiger partial charge on any atom is 0.322 e. The molecule has 5 nitrogen and oxygen atoms in total. The summed E-state index contributed by atoms with van der Waals surface area (Å²) < 4.78 is 5.41. The van der Waals surface area contributed by atoms with Gasteiger partial charge in [0, 0.05) is 17.1 Å². The van der Waals surface area contributed by atoms with Crippen LogP contribution in [-0.4, -0.2) is 27.4 Å². The topological polar surface area (TPSA) is 87.0 Å². The Labute approximate surface area is 216 Å². The van der Waals surface area contributed by atoms with Crippen molar-refractivity contribution in [3.8, 4) is 5.75 Å². The summed E-state index contributed by atoms with van der Waals surface area (Å²) in [6.45, 7) is 0. The fourth-order valence-corrected chi connectivity index (χ4v) is 6.69. The number of phenolic OH excluding ortho intramolecular Hbond substituents is 1. The molecule has 3 N–H and O–H groups in total. The van der Waals surface area contributed by atoms with Crippen molar-refractivity contribution in [2.75, 3.05) is 0 Å². The van der Waals surface area contributed by atoms with Gasteiger partial charge in [-0.3, -0.25) is 4.79 Å². The number of fused-ring (bicyclic) bond motifs is 5. The first-order valence-corrected chi connectivity index (χ1v) is 12.2. The van der Waals surface area contributed by atoms with Crippen LogP contribution in [0.1, 0.15) is 49.1 Å². The zero-order valence-corrected chi connectivity index (χ0v) is 20.6. The van der Waals surface area contributed by atoms with E-state index in [-0.39, 0.29) is 28.9 Å². The number of carbonyl (C=O) groups excluding carboxylic acids is 1. The molecule has 0 unspecified atom stereocenters. The number of aliphatic hydroxyl groups is 2. The van der Waals surface area contributed by atoms with E-state index in [2.05, 4.69) is 0 Å². The van der Waals surface area contributed by atoms with Crippen molar-refractivity contribution in [3.63, 3.8) is 0 Å². The summed E-state index contributed by atoms with van der Waals surface area (Å²) in [5, 5.41) is 31.0. The molecule has 0 aromatic heterocycles. The maximum absolute atomic E-state index is 13.3. The predicted molar refractivity (Wildman–Crippen MR) is 129 cm³/mol. The number of benzene rings is 1. The second-order valence-corrected chi connectivity index (χ2v) is 9.80. The molecule has 6 rings (SSSR count). The Morgan fingerprint density at radius 1 is 1.06 bits per heavy atom. The Kier molecular flexibility index (Phi) is 7.65. The van der Waals surface area contributed by atoms with Crippen molar-refractivity contribution in [1.82, 2.24) is 0 Å². The van der Waals surface area contributed by atoms with Crippen LogP contribution in [0, 0.1) is 17.3 Å². The largest absolute Gasteiger partial charge is 0.508 e. The number of hydrogen-bond donors (Lipinski definition) is 3. The number of allylic oxidation sites excluding steroid dienone is 5. The molecule has 0 saturated heterocycles. The molecule has 0 heterocycles. The molecule has 0 amide bonds. The molecule has 0 radical (unpaired) electrons. The van der Waals surface area contributed by atoms with Gasteiger partial charge in [0.25, 0.3) is 5.95 Å². The van der Waals surface area contributed by atoms with E-state index in [0.717, 1.165) is 25.7 Å². The SMILES string of the molecule is O=C(OC(O)=C1C=CC=C1)[C@]12CC[C@@H]3c4ccc(O)cc4CC[C@H]3[C@@H]1CC[C@@H]2O.[Fe].c1cc[cH-]c1. The molecular formula is C29H31FeO5-. The first kappa shape index (κ1) is 25.4. The van der Waals surface area contributed by atoms with Crippen molar-refractivity contribution in [3.05, 3.63) is 95.5 Å². The monoisotopic (exact) mass is 515 g/mol. The van der Waals surface area contributed by atoms with Crippen LogP contribution in [-0.2, 0) is 33.0 Å². The molecule has 0 aliphatic heterocycles. The predicted octanol–water partition coefficient (Wildman–Crippen LogP) is 5.43. The molecule has 4 aliphatic rings. The van der Waals surface area contributed by atoms with E-state index >= 15 is 0 Å². The first-order valence-electron chi connectivity index (χ1n) is 12.2. The van der Waals surface area contributed by atoms with E-state index in [1.807, 2.05) is 42.5 Å². The molecule has 35 heavy (non-hydrogen) atoms. The minimum absolute atomic E-state index is 0. The number of ether oxygens (including phenoxy) is 1. The fraction of sp³-hybridized carbons (Fsp3) is 0.379. The Morgan fingerprint density at radius 3 is 2.49 bits per heavy atom. The average Bonchev–Trinajstić information content (AvgIpc) is 3.62. The van der Waals surface area contributed by atoms with Gasteiger partial charge in [0.05, 0.1) is 17.1 Å². The molecule has 186 valence electrons. The van der Waals surface area contributed by atoms with Crippen molar-refractivity contribution < 1.29 is 41.9 Å². The third kappa shape index (κ3) is 4.63. The van der Waals surface area contributed by atoms with Gasteiger partial charge in [-0.25, -0.2) is 12.1 Å². The van der Waals surface area contributed by atoms with Gasteiger partial charge in [-0.15, -0.1) is 0 Å². The Balaban J connectivity index is 0.000000431. The Bertz CT molecular complexity index is 1100. The summed E-state index contributed by atoms with van der Waals surface area (Å²) in [5.41, 5.74) is 1.99. The number of aromatic hydroxyl groups is 1. The summed E-state index contributed by atoms with van der Waals surface area (Å²) in [4.78, 5) is 13.3.